The lowest BCUT2D eigenvalue weighted by Crippen LogP contribution is -2.42. The van der Waals surface area contributed by atoms with Crippen LogP contribution in [0.5, 0.6) is 0 Å². The standard InChI is InChI=1S/C23H32O2/c1-14-11-17-6-7-19-20(22(17)18(12-14)13-25-16(3)24)9-10-23(4)15(2)5-8-21(19)23/h11-12,15,19-21H,5-10,13H2,1-4H3/t15-,19?,20?,21?,23+/m0/s1. The van der Waals surface area contributed by atoms with Crippen LogP contribution in [-0.4, -0.2) is 5.97 Å². The molecule has 2 nitrogen and oxygen atoms in total. The summed E-state index contributed by atoms with van der Waals surface area (Å²) in [6, 6.07) is 4.64. The third kappa shape index (κ3) is 2.73. The van der Waals surface area contributed by atoms with E-state index in [9.17, 15) is 4.79 Å². The molecule has 0 heterocycles. The minimum atomic E-state index is -0.177. The van der Waals surface area contributed by atoms with Crippen molar-refractivity contribution in [3.63, 3.8) is 0 Å². The molecule has 0 amide bonds. The van der Waals surface area contributed by atoms with Crippen molar-refractivity contribution in [2.45, 2.75) is 78.7 Å². The lowest BCUT2D eigenvalue weighted by Gasteiger charge is -2.51. The lowest BCUT2D eigenvalue weighted by molar-refractivity contribution is -0.142. The summed E-state index contributed by atoms with van der Waals surface area (Å²) in [6.45, 7) is 9.17. The van der Waals surface area contributed by atoms with Crippen LogP contribution in [0.1, 0.15) is 81.0 Å². The van der Waals surface area contributed by atoms with Gasteiger partial charge in [0.1, 0.15) is 6.61 Å². The molecule has 3 aliphatic carbocycles. The molecule has 3 aliphatic rings. The van der Waals surface area contributed by atoms with E-state index < -0.39 is 0 Å². The number of aryl methyl sites for hydroxylation is 2. The molecule has 4 rings (SSSR count). The highest BCUT2D eigenvalue weighted by atomic mass is 16.5. The summed E-state index contributed by atoms with van der Waals surface area (Å²) in [4.78, 5) is 11.4. The SMILES string of the molecule is CC(=O)OCc1cc(C)cc2c1C1CC[C@@]3(C)C(CC[C@@H]3C)C1CC2. The molecule has 0 bridgehead atoms. The summed E-state index contributed by atoms with van der Waals surface area (Å²) < 4.78 is 5.41. The van der Waals surface area contributed by atoms with Gasteiger partial charge >= 0.3 is 5.97 Å². The second-order valence-electron chi connectivity index (χ2n) is 9.22. The van der Waals surface area contributed by atoms with Gasteiger partial charge in [0.15, 0.2) is 0 Å². The van der Waals surface area contributed by atoms with Gasteiger partial charge in [0.2, 0.25) is 0 Å². The van der Waals surface area contributed by atoms with Crippen LogP contribution in [0.15, 0.2) is 12.1 Å². The smallest absolute Gasteiger partial charge is 0.302 e. The molecule has 1 aromatic carbocycles. The summed E-state index contributed by atoms with van der Waals surface area (Å²) in [5.74, 6) is 3.09. The quantitative estimate of drug-likeness (QED) is 0.660. The molecular formula is C23H32O2. The lowest BCUT2D eigenvalue weighted by atomic mass is 9.54. The molecule has 2 heteroatoms. The fourth-order valence-electron chi connectivity index (χ4n) is 6.57. The predicted molar refractivity (Wildman–Crippen MR) is 100 cm³/mol. The highest BCUT2D eigenvalue weighted by Gasteiger charge is 2.53. The average Bonchev–Trinajstić information content (AvgIpc) is 2.87. The zero-order chi connectivity index (χ0) is 17.8. The van der Waals surface area contributed by atoms with E-state index in [4.69, 9.17) is 4.74 Å². The Morgan fingerprint density at radius 3 is 2.80 bits per heavy atom. The molecule has 0 aromatic heterocycles. The minimum Gasteiger partial charge on any atom is -0.461 e. The van der Waals surface area contributed by atoms with Gasteiger partial charge in [-0.3, -0.25) is 4.79 Å². The fourth-order valence-corrected chi connectivity index (χ4v) is 6.57. The van der Waals surface area contributed by atoms with Gasteiger partial charge in [-0.2, -0.15) is 0 Å². The number of fused-ring (bicyclic) bond motifs is 5. The first-order valence-corrected chi connectivity index (χ1v) is 10.2. The van der Waals surface area contributed by atoms with Crippen LogP contribution in [0.25, 0.3) is 0 Å². The molecule has 3 unspecified atom stereocenters. The van der Waals surface area contributed by atoms with E-state index in [1.54, 1.807) is 5.56 Å². The summed E-state index contributed by atoms with van der Waals surface area (Å²) >= 11 is 0. The number of hydrogen-bond donors (Lipinski definition) is 0. The number of benzene rings is 1. The molecule has 5 atom stereocenters. The van der Waals surface area contributed by atoms with Gasteiger partial charge in [0, 0.05) is 6.92 Å². The maximum absolute atomic E-state index is 11.4. The number of carbonyl (C=O) groups excluding carboxylic acids is 1. The molecular weight excluding hydrogens is 308 g/mol. The second-order valence-corrected chi connectivity index (χ2v) is 9.22. The van der Waals surface area contributed by atoms with Crippen molar-refractivity contribution in [1.82, 2.24) is 0 Å². The molecule has 0 aliphatic heterocycles. The van der Waals surface area contributed by atoms with E-state index in [1.807, 2.05) is 0 Å². The van der Waals surface area contributed by atoms with Gasteiger partial charge in [0.25, 0.3) is 0 Å². The highest BCUT2D eigenvalue weighted by Crippen LogP contribution is 2.63. The first-order valence-electron chi connectivity index (χ1n) is 10.2. The fraction of sp³-hybridized carbons (Fsp3) is 0.696. The number of esters is 1. The highest BCUT2D eigenvalue weighted by molar-refractivity contribution is 5.66. The van der Waals surface area contributed by atoms with Crippen molar-refractivity contribution in [3.05, 3.63) is 34.4 Å². The molecule has 25 heavy (non-hydrogen) atoms. The number of hydrogen-bond acceptors (Lipinski definition) is 2. The van der Waals surface area contributed by atoms with Crippen LogP contribution in [0.2, 0.25) is 0 Å². The zero-order valence-electron chi connectivity index (χ0n) is 16.2. The van der Waals surface area contributed by atoms with Crippen molar-refractivity contribution >= 4 is 5.97 Å². The van der Waals surface area contributed by atoms with Crippen LogP contribution in [0, 0.1) is 30.1 Å². The summed E-state index contributed by atoms with van der Waals surface area (Å²) in [7, 11) is 0. The Morgan fingerprint density at radius 2 is 2.04 bits per heavy atom. The van der Waals surface area contributed by atoms with E-state index in [-0.39, 0.29) is 5.97 Å². The molecule has 0 N–H and O–H groups in total. The third-order valence-corrected chi connectivity index (χ3v) is 7.96. The summed E-state index contributed by atoms with van der Waals surface area (Å²) in [5.41, 5.74) is 6.20. The number of rotatable bonds is 2. The number of ether oxygens (including phenoxy) is 1. The maximum Gasteiger partial charge on any atom is 0.302 e. The van der Waals surface area contributed by atoms with Crippen molar-refractivity contribution in [2.75, 3.05) is 0 Å². The average molecular weight is 341 g/mol. The minimum absolute atomic E-state index is 0.177. The van der Waals surface area contributed by atoms with Crippen molar-refractivity contribution in [2.24, 2.45) is 23.2 Å². The monoisotopic (exact) mass is 340 g/mol. The molecule has 1 aromatic rings. The first kappa shape index (κ1) is 17.1. The molecule has 0 saturated heterocycles. The predicted octanol–water partition coefficient (Wildman–Crippen LogP) is 5.55. The van der Waals surface area contributed by atoms with Crippen LogP contribution >= 0.6 is 0 Å². The molecule has 2 fully saturated rings. The van der Waals surface area contributed by atoms with Gasteiger partial charge < -0.3 is 4.74 Å². The van der Waals surface area contributed by atoms with E-state index in [1.165, 1.54) is 62.1 Å². The van der Waals surface area contributed by atoms with E-state index in [2.05, 4.69) is 32.9 Å². The topological polar surface area (TPSA) is 26.3 Å². The Bertz CT molecular complexity index is 692. The van der Waals surface area contributed by atoms with Crippen molar-refractivity contribution in [1.29, 1.82) is 0 Å². The Balaban J connectivity index is 1.71. The van der Waals surface area contributed by atoms with E-state index in [0.29, 0.717) is 17.9 Å². The molecule has 2 saturated carbocycles. The van der Waals surface area contributed by atoms with Crippen LogP contribution in [0.4, 0.5) is 0 Å². The Labute approximate surface area is 152 Å². The zero-order valence-corrected chi connectivity index (χ0v) is 16.2. The van der Waals surface area contributed by atoms with Crippen LogP contribution in [-0.2, 0) is 22.6 Å². The summed E-state index contributed by atoms with van der Waals surface area (Å²) in [6.07, 6.45) is 8.05. The maximum atomic E-state index is 11.4. The summed E-state index contributed by atoms with van der Waals surface area (Å²) in [5, 5.41) is 0. The molecule has 136 valence electrons. The van der Waals surface area contributed by atoms with Gasteiger partial charge in [-0.1, -0.05) is 31.5 Å². The number of carbonyl (C=O) groups is 1. The van der Waals surface area contributed by atoms with Crippen molar-refractivity contribution in [3.8, 4) is 0 Å². The first-order chi connectivity index (χ1) is 11.9. The Hall–Kier alpha value is -1.31. The normalized spacial score (nSPS) is 36.3. The Morgan fingerprint density at radius 1 is 1.24 bits per heavy atom. The van der Waals surface area contributed by atoms with Gasteiger partial charge in [-0.05, 0) is 91.2 Å². The van der Waals surface area contributed by atoms with Crippen LogP contribution < -0.4 is 0 Å². The van der Waals surface area contributed by atoms with Gasteiger partial charge in [-0.25, -0.2) is 0 Å². The second kappa shape index (κ2) is 6.14. The van der Waals surface area contributed by atoms with E-state index >= 15 is 0 Å². The largest absolute Gasteiger partial charge is 0.461 e. The third-order valence-electron chi connectivity index (χ3n) is 7.96. The van der Waals surface area contributed by atoms with E-state index in [0.717, 1.165) is 17.8 Å². The van der Waals surface area contributed by atoms with Crippen LogP contribution in [0.3, 0.4) is 0 Å². The molecule has 0 spiro atoms. The van der Waals surface area contributed by atoms with Crippen molar-refractivity contribution < 1.29 is 9.53 Å². The Kier molecular flexibility index (Phi) is 4.21. The molecule has 0 radical (unpaired) electrons. The van der Waals surface area contributed by atoms with Gasteiger partial charge in [0.05, 0.1) is 0 Å². The van der Waals surface area contributed by atoms with Gasteiger partial charge in [-0.15, -0.1) is 0 Å².